The number of hydrogen-bond acceptors (Lipinski definition) is 7. The smallest absolute Gasteiger partial charge is 0.248 e. The van der Waals surface area contributed by atoms with Crippen molar-refractivity contribution in [2.45, 2.75) is 24.7 Å². The summed E-state index contributed by atoms with van der Waals surface area (Å²) in [5.74, 6) is -0.834. The Hall–Kier alpha value is -3.64. The maximum absolute atomic E-state index is 14.0. The van der Waals surface area contributed by atoms with Gasteiger partial charge in [0, 0.05) is 63.0 Å². The summed E-state index contributed by atoms with van der Waals surface area (Å²) in [7, 11) is -3.98. The number of rotatable bonds is 6. The Bertz CT molecular complexity index is 1460. The van der Waals surface area contributed by atoms with E-state index >= 15 is 0 Å². The zero-order valence-corrected chi connectivity index (χ0v) is 22.3. The molecule has 0 bridgehead atoms. The normalized spacial score (nSPS) is 17.7. The van der Waals surface area contributed by atoms with Gasteiger partial charge in [-0.25, -0.2) is 22.2 Å². The van der Waals surface area contributed by atoms with Gasteiger partial charge in [-0.2, -0.15) is 4.31 Å². The van der Waals surface area contributed by atoms with Gasteiger partial charge in [0.15, 0.2) is 10.7 Å². The van der Waals surface area contributed by atoms with Crippen molar-refractivity contribution in [1.82, 2.24) is 19.3 Å². The third-order valence-corrected chi connectivity index (χ3v) is 9.23. The lowest BCUT2D eigenvalue weighted by molar-refractivity contribution is -0.137. The number of carbonyl (C=O) groups is 1. The van der Waals surface area contributed by atoms with Crippen molar-refractivity contribution in [2.75, 3.05) is 44.2 Å². The highest BCUT2D eigenvalue weighted by atomic mass is 32.2. The minimum absolute atomic E-state index is 0.0415. The highest BCUT2D eigenvalue weighted by Crippen LogP contribution is 2.30. The van der Waals surface area contributed by atoms with Crippen LogP contribution in [0.1, 0.15) is 29.9 Å². The molecular formula is C27H29F2N5O4S. The number of anilines is 1. The lowest BCUT2D eigenvalue weighted by Gasteiger charge is -2.38. The van der Waals surface area contributed by atoms with E-state index in [0.29, 0.717) is 39.0 Å². The summed E-state index contributed by atoms with van der Waals surface area (Å²) in [5.41, 5.74) is 0.257. The molecular weight excluding hydrogens is 528 g/mol. The van der Waals surface area contributed by atoms with Crippen molar-refractivity contribution in [3.63, 3.8) is 0 Å². The van der Waals surface area contributed by atoms with Crippen LogP contribution in [0.2, 0.25) is 0 Å². The third-order valence-electron chi connectivity index (χ3n) is 7.18. The summed E-state index contributed by atoms with van der Waals surface area (Å²) in [6.07, 6.45) is 5.19. The number of aryl methyl sites for hydroxylation is 1. The molecule has 206 valence electrons. The van der Waals surface area contributed by atoms with Gasteiger partial charge in [0.25, 0.3) is 0 Å². The zero-order valence-electron chi connectivity index (χ0n) is 21.5. The second-order valence-electron chi connectivity index (χ2n) is 9.64. The summed E-state index contributed by atoms with van der Waals surface area (Å²) in [5, 5.41) is 3.80. The fourth-order valence-corrected chi connectivity index (χ4v) is 6.75. The summed E-state index contributed by atoms with van der Waals surface area (Å²) >= 11 is 0. The predicted molar refractivity (Wildman–Crippen MR) is 141 cm³/mol. The maximum Gasteiger partial charge on any atom is 0.248 e. The van der Waals surface area contributed by atoms with Crippen LogP contribution in [0.25, 0.3) is 12.2 Å². The van der Waals surface area contributed by atoms with Gasteiger partial charge < -0.3 is 14.3 Å². The highest BCUT2D eigenvalue weighted by Gasteiger charge is 2.37. The van der Waals surface area contributed by atoms with Crippen molar-refractivity contribution >= 4 is 33.9 Å². The summed E-state index contributed by atoms with van der Waals surface area (Å²) in [6.45, 7) is 4.48. The molecule has 1 aromatic carbocycles. The van der Waals surface area contributed by atoms with E-state index in [2.05, 4.69) is 15.0 Å². The second-order valence-corrected chi connectivity index (χ2v) is 11.5. The fourth-order valence-electron chi connectivity index (χ4n) is 5.03. The van der Waals surface area contributed by atoms with E-state index in [4.69, 9.17) is 4.52 Å². The number of pyridine rings is 1. The number of aromatic nitrogens is 2. The van der Waals surface area contributed by atoms with Crippen LogP contribution in [0.3, 0.4) is 0 Å². The van der Waals surface area contributed by atoms with Crippen molar-refractivity contribution in [3.05, 3.63) is 71.2 Å². The molecule has 0 atom stereocenters. The molecule has 39 heavy (non-hydrogen) atoms. The number of hydrogen-bond donors (Lipinski definition) is 0. The molecule has 0 saturated carbocycles. The first-order valence-electron chi connectivity index (χ1n) is 12.8. The highest BCUT2D eigenvalue weighted by molar-refractivity contribution is 7.89. The van der Waals surface area contributed by atoms with Gasteiger partial charge in [-0.05, 0) is 56.2 Å². The van der Waals surface area contributed by atoms with E-state index in [0.717, 1.165) is 18.0 Å². The van der Waals surface area contributed by atoms with Crippen LogP contribution in [-0.2, 0) is 14.8 Å². The quantitative estimate of drug-likeness (QED) is 0.457. The first-order valence-corrected chi connectivity index (χ1v) is 14.2. The largest absolute Gasteiger partial charge is 0.355 e. The molecule has 5 rings (SSSR count). The zero-order chi connectivity index (χ0) is 27.6. The Morgan fingerprint density at radius 1 is 1.03 bits per heavy atom. The van der Waals surface area contributed by atoms with Crippen LogP contribution < -0.4 is 4.90 Å². The predicted octanol–water partition coefficient (Wildman–Crippen LogP) is 3.58. The maximum atomic E-state index is 14.0. The minimum Gasteiger partial charge on any atom is -0.355 e. The summed E-state index contributed by atoms with van der Waals surface area (Å²) in [4.78, 5) is 21.5. The number of piperidine rings is 1. The van der Waals surface area contributed by atoms with Gasteiger partial charge in [0.2, 0.25) is 15.9 Å². The fraction of sp³-hybridized carbons (Fsp3) is 0.370. The SMILES string of the molecule is Cc1noc(C=Cc2ccc(F)cc2F)c1S(=O)(=O)N1CCC(C(=O)N2CCN(c3ccccn3)CC2)CC1. The minimum atomic E-state index is -3.98. The van der Waals surface area contributed by atoms with Gasteiger partial charge in [-0.15, -0.1) is 0 Å². The van der Waals surface area contributed by atoms with E-state index in [1.54, 1.807) is 6.20 Å². The molecule has 0 radical (unpaired) electrons. The Kier molecular flexibility index (Phi) is 7.76. The topological polar surface area (TPSA) is 99.8 Å². The molecule has 0 unspecified atom stereocenters. The van der Waals surface area contributed by atoms with Gasteiger partial charge in [0.1, 0.15) is 23.1 Å². The lowest BCUT2D eigenvalue weighted by Crippen LogP contribution is -2.52. The number of piperazine rings is 1. The van der Waals surface area contributed by atoms with Crippen molar-refractivity contribution in [2.24, 2.45) is 5.92 Å². The van der Waals surface area contributed by atoms with Crippen LogP contribution in [0.4, 0.5) is 14.6 Å². The van der Waals surface area contributed by atoms with Crippen LogP contribution in [0, 0.1) is 24.5 Å². The standard InChI is InChI=1S/C27H29F2N5O4S/c1-19-26(24(38-31-19)8-6-20-5-7-22(28)18-23(20)29)39(36,37)34-12-9-21(10-13-34)27(35)33-16-14-32(15-17-33)25-4-2-3-11-30-25/h2-8,11,18,21H,9-10,12-17H2,1H3. The Balaban J connectivity index is 1.21. The van der Waals surface area contributed by atoms with Gasteiger partial charge >= 0.3 is 0 Å². The summed E-state index contributed by atoms with van der Waals surface area (Å²) in [6, 6.07) is 8.86. The van der Waals surface area contributed by atoms with E-state index in [1.165, 1.54) is 29.4 Å². The van der Waals surface area contributed by atoms with Gasteiger partial charge in [-0.1, -0.05) is 11.2 Å². The number of sulfonamides is 1. The number of amides is 1. The molecule has 2 fully saturated rings. The van der Waals surface area contributed by atoms with Crippen LogP contribution in [0.15, 0.2) is 52.0 Å². The second kappa shape index (κ2) is 11.2. The monoisotopic (exact) mass is 557 g/mol. The van der Waals surface area contributed by atoms with Gasteiger partial charge in [-0.3, -0.25) is 4.79 Å². The Morgan fingerprint density at radius 2 is 1.77 bits per heavy atom. The van der Waals surface area contributed by atoms with Crippen molar-refractivity contribution in [1.29, 1.82) is 0 Å². The number of halogens is 2. The molecule has 2 aliphatic rings. The van der Waals surface area contributed by atoms with E-state index in [-0.39, 0.29) is 46.8 Å². The molecule has 0 N–H and O–H groups in total. The average Bonchev–Trinajstić information content (AvgIpc) is 3.33. The molecule has 9 nitrogen and oxygen atoms in total. The molecule has 0 aliphatic carbocycles. The van der Waals surface area contributed by atoms with E-state index in [9.17, 15) is 22.0 Å². The van der Waals surface area contributed by atoms with Crippen LogP contribution >= 0.6 is 0 Å². The van der Waals surface area contributed by atoms with Gasteiger partial charge in [0.05, 0.1) is 0 Å². The number of benzene rings is 1. The lowest BCUT2D eigenvalue weighted by atomic mass is 9.96. The molecule has 2 aromatic heterocycles. The first-order chi connectivity index (χ1) is 18.7. The molecule has 2 saturated heterocycles. The molecule has 0 spiro atoms. The van der Waals surface area contributed by atoms with E-state index in [1.807, 2.05) is 23.1 Å². The Labute approximate surface area is 225 Å². The molecule has 2 aliphatic heterocycles. The van der Waals surface area contributed by atoms with Crippen molar-refractivity contribution < 1.29 is 26.5 Å². The third kappa shape index (κ3) is 5.71. The molecule has 3 aromatic rings. The van der Waals surface area contributed by atoms with E-state index < -0.39 is 21.7 Å². The molecule has 4 heterocycles. The Morgan fingerprint density at radius 3 is 2.44 bits per heavy atom. The average molecular weight is 558 g/mol. The van der Waals surface area contributed by atoms with Crippen LogP contribution in [0.5, 0.6) is 0 Å². The number of nitrogens with zero attached hydrogens (tertiary/aromatic N) is 5. The summed E-state index contributed by atoms with van der Waals surface area (Å²) < 4.78 is 60.8. The van der Waals surface area contributed by atoms with Crippen molar-refractivity contribution in [3.8, 4) is 0 Å². The van der Waals surface area contributed by atoms with Crippen LogP contribution in [-0.4, -0.2) is 72.9 Å². The molecule has 1 amide bonds. The first kappa shape index (κ1) is 26.9. The molecule has 12 heteroatoms. The number of carbonyl (C=O) groups excluding carboxylic acids is 1.